The number of phenols is 1. The number of aromatic hydroxyl groups is 1. The summed E-state index contributed by atoms with van der Waals surface area (Å²) in [7, 11) is -4.05. The zero-order chi connectivity index (χ0) is 49.0. The molecule has 0 spiro atoms. The van der Waals surface area contributed by atoms with Gasteiger partial charge in [-0.05, 0) is 31.7 Å². The van der Waals surface area contributed by atoms with E-state index in [0.717, 1.165) is 19.1 Å². The summed E-state index contributed by atoms with van der Waals surface area (Å²) in [5.41, 5.74) is 4.71. The highest BCUT2D eigenvalue weighted by Crippen LogP contribution is 2.32. The molecule has 0 bridgehead atoms. The fourth-order valence-corrected chi connectivity index (χ4v) is 8.04. The van der Waals surface area contributed by atoms with E-state index in [1.807, 2.05) is 10.6 Å². The lowest BCUT2D eigenvalue weighted by atomic mass is 9.96. The monoisotopic (exact) mass is 950 g/mol. The van der Waals surface area contributed by atoms with Gasteiger partial charge in [-0.15, -0.1) is 0 Å². The highest BCUT2D eigenvalue weighted by molar-refractivity contribution is 7.81. The molecule has 4 rings (SSSR count). The van der Waals surface area contributed by atoms with Crippen LogP contribution in [-0.4, -0.2) is 209 Å². The number of likely N-dealkylation sites (N-methyl/N-ethyl adjacent to an activating group) is 1. The fraction of sp³-hybridized carbons (Fsp3) is 0.639. The zero-order valence-electron chi connectivity index (χ0n) is 34.9. The Kier molecular flexibility index (Phi) is 17.1. The maximum Gasteiger partial charge on any atom is 0.446 e. The van der Waals surface area contributed by atoms with E-state index >= 15 is 0 Å². The van der Waals surface area contributed by atoms with Crippen LogP contribution in [-0.2, 0) is 44.0 Å². The summed E-state index contributed by atoms with van der Waals surface area (Å²) in [6.07, 6.45) is -18.9. The van der Waals surface area contributed by atoms with Gasteiger partial charge >= 0.3 is 10.4 Å². The maximum atomic E-state index is 14.4. The van der Waals surface area contributed by atoms with E-state index in [-0.39, 0.29) is 0 Å². The Morgan fingerprint density at radius 2 is 1.49 bits per heavy atom. The molecular weight excluding hydrogens is 896 g/mol. The minimum atomic E-state index is -5.30. The number of fused-ring (bicyclic) bond motifs is 2. The van der Waals surface area contributed by atoms with E-state index in [4.69, 9.17) is 10.3 Å². The van der Waals surface area contributed by atoms with Crippen LogP contribution in [0.15, 0.2) is 18.2 Å². The topological polar surface area (TPSA) is 458 Å². The number of primary amides is 1. The third kappa shape index (κ3) is 12.5. The van der Waals surface area contributed by atoms with Crippen LogP contribution in [0.4, 0.5) is 0 Å². The third-order valence-electron chi connectivity index (χ3n) is 11.1. The first-order valence-electron chi connectivity index (χ1n) is 19.9. The van der Waals surface area contributed by atoms with Crippen LogP contribution in [0.2, 0.25) is 0 Å². The lowest BCUT2D eigenvalue weighted by molar-refractivity contribution is -0.149. The van der Waals surface area contributed by atoms with Crippen molar-refractivity contribution in [3.8, 4) is 11.5 Å². The summed E-state index contributed by atoms with van der Waals surface area (Å²) in [5.74, 6) is -12.1. The van der Waals surface area contributed by atoms with Gasteiger partial charge in [0.2, 0.25) is 41.4 Å². The second-order valence-electron chi connectivity index (χ2n) is 16.0. The van der Waals surface area contributed by atoms with Gasteiger partial charge in [0.05, 0.1) is 30.8 Å². The standard InChI is InChI=1S/C36H54N8O20S/c1-12-10-44-26(27(12)51)33(57)42-34(58)29(53)16(38-3)8-22(50)39-23(13(2)45)35(59)43-11-15(46)7-17(43)31(55)41-25(32(56)40-24(36(44)60)19(48)9-21(37)49)30(54)28(52)14-4-5-18(47)20(6-14)64-65(61,62)63/h4-6,12-13,15-17,19,23-30,34,38,45-48,51-54,58H,7-11H2,1-3H3,(H2,37,49)(H,39,50)(H,40,56)(H,41,55)(H,42,57)(H,61,62,63). The Bertz CT molecular complexity index is 2080. The van der Waals surface area contributed by atoms with Crippen LogP contribution in [0.1, 0.15) is 44.8 Å². The minimum absolute atomic E-state index is 0.500. The molecule has 0 saturated carbocycles. The number of carbonyl (C=O) groups excluding carboxylic acids is 7. The van der Waals surface area contributed by atoms with Gasteiger partial charge in [0.15, 0.2) is 17.7 Å². The molecule has 0 aromatic heterocycles. The molecule has 17 N–H and O–H groups in total. The van der Waals surface area contributed by atoms with Gasteiger partial charge in [-0.1, -0.05) is 13.0 Å². The quantitative estimate of drug-likeness (QED) is 0.0968. The smallest absolute Gasteiger partial charge is 0.446 e. The number of phenolic OH excluding ortho intramolecular Hbond substituents is 1. The lowest BCUT2D eigenvalue weighted by Gasteiger charge is -2.34. The molecule has 65 heavy (non-hydrogen) atoms. The van der Waals surface area contributed by atoms with Gasteiger partial charge in [-0.3, -0.25) is 38.1 Å². The summed E-state index contributed by atoms with van der Waals surface area (Å²) in [6, 6.07) is -9.73. The van der Waals surface area contributed by atoms with Crippen LogP contribution in [0.5, 0.6) is 11.5 Å². The number of carbonyl (C=O) groups is 7. The van der Waals surface area contributed by atoms with Crippen LogP contribution >= 0.6 is 0 Å². The second kappa shape index (κ2) is 21.3. The van der Waals surface area contributed by atoms with Crippen molar-refractivity contribution in [2.24, 2.45) is 11.7 Å². The van der Waals surface area contributed by atoms with E-state index in [2.05, 4.69) is 20.1 Å². The molecule has 3 aliphatic rings. The van der Waals surface area contributed by atoms with Gasteiger partial charge < -0.3 is 92.3 Å². The average molecular weight is 951 g/mol. The molecule has 364 valence electrons. The Labute approximate surface area is 369 Å². The largest absolute Gasteiger partial charge is 0.504 e. The van der Waals surface area contributed by atoms with Crippen LogP contribution in [0, 0.1) is 5.92 Å². The summed E-state index contributed by atoms with van der Waals surface area (Å²) >= 11 is 0. The number of nitrogens with two attached hydrogens (primary N) is 1. The van der Waals surface area contributed by atoms with Gasteiger partial charge in [-0.25, -0.2) is 0 Å². The van der Waals surface area contributed by atoms with E-state index in [9.17, 15) is 87.9 Å². The van der Waals surface area contributed by atoms with E-state index in [0.29, 0.717) is 15.9 Å². The highest BCUT2D eigenvalue weighted by atomic mass is 32.3. The molecule has 3 fully saturated rings. The third-order valence-corrected chi connectivity index (χ3v) is 11.5. The Balaban J connectivity index is 1.89. The predicted molar refractivity (Wildman–Crippen MR) is 213 cm³/mol. The van der Waals surface area contributed by atoms with Gasteiger partial charge in [-0.2, -0.15) is 8.42 Å². The number of aliphatic hydroxyl groups is 8. The molecule has 15 atom stereocenters. The van der Waals surface area contributed by atoms with Crippen LogP contribution in [0.25, 0.3) is 0 Å². The molecule has 15 unspecified atom stereocenters. The van der Waals surface area contributed by atoms with E-state index in [1.165, 1.54) is 14.0 Å². The molecule has 3 heterocycles. The van der Waals surface area contributed by atoms with E-state index in [1.54, 1.807) is 0 Å². The van der Waals surface area contributed by atoms with Crippen molar-refractivity contribution < 1.29 is 96.7 Å². The molecule has 3 saturated heterocycles. The summed E-state index contributed by atoms with van der Waals surface area (Å²) in [4.78, 5) is 97.2. The van der Waals surface area contributed by atoms with Crippen molar-refractivity contribution in [2.45, 2.75) is 118 Å². The number of nitrogens with zero attached hydrogens (tertiary/aromatic N) is 2. The fourth-order valence-electron chi connectivity index (χ4n) is 7.68. The second-order valence-corrected chi connectivity index (χ2v) is 17.0. The van der Waals surface area contributed by atoms with Gasteiger partial charge in [0.1, 0.15) is 48.5 Å². The molecule has 0 radical (unpaired) electrons. The molecule has 7 amide bonds. The SMILES string of the molecule is CNC1CC(=O)NC(C(C)O)C(=O)N2CC(O)CC2C(=O)NC(C(O)C(O)c2ccc(O)c(OS(=O)(=O)O)c2)C(=O)NC(C(O)CC(N)=O)C(=O)N2CC(C)C(O)C2C(=O)NC(O)C1O. The molecule has 1 aromatic rings. The molecule has 28 nitrogen and oxygen atoms in total. The number of rotatable bonds is 10. The minimum Gasteiger partial charge on any atom is -0.504 e. The predicted octanol–water partition coefficient (Wildman–Crippen LogP) is -9.00. The number of aliphatic hydroxyl groups excluding tert-OH is 8. The number of hydrogen-bond acceptors (Lipinski definition) is 20. The van der Waals surface area contributed by atoms with Crippen molar-refractivity contribution in [3.63, 3.8) is 0 Å². The molecule has 29 heteroatoms. The Morgan fingerprint density at radius 3 is 2.08 bits per heavy atom. The Morgan fingerprint density at radius 1 is 0.877 bits per heavy atom. The van der Waals surface area contributed by atoms with E-state index < -0.39 is 192 Å². The van der Waals surface area contributed by atoms with Crippen molar-refractivity contribution in [3.05, 3.63) is 23.8 Å². The van der Waals surface area contributed by atoms with Crippen molar-refractivity contribution >= 4 is 51.7 Å². The van der Waals surface area contributed by atoms with Crippen molar-refractivity contribution in [1.82, 2.24) is 36.4 Å². The molecular formula is C36H54N8O20S. The number of hydrogen-bond donors (Lipinski definition) is 16. The first-order chi connectivity index (χ1) is 30.2. The van der Waals surface area contributed by atoms with Crippen molar-refractivity contribution in [2.75, 3.05) is 20.1 Å². The van der Waals surface area contributed by atoms with Crippen LogP contribution in [0.3, 0.4) is 0 Å². The highest BCUT2D eigenvalue weighted by Gasteiger charge is 2.50. The molecule has 3 aliphatic heterocycles. The zero-order valence-corrected chi connectivity index (χ0v) is 35.7. The van der Waals surface area contributed by atoms with Crippen molar-refractivity contribution in [1.29, 1.82) is 0 Å². The van der Waals surface area contributed by atoms with Crippen LogP contribution < -0.4 is 36.5 Å². The first-order valence-corrected chi connectivity index (χ1v) is 21.2. The van der Waals surface area contributed by atoms with Gasteiger partial charge in [0, 0.05) is 37.9 Å². The number of nitrogens with one attached hydrogen (secondary N) is 5. The van der Waals surface area contributed by atoms with Gasteiger partial charge in [0.25, 0.3) is 0 Å². The molecule has 1 aromatic carbocycles. The summed E-state index contributed by atoms with van der Waals surface area (Å²) in [6.45, 7) is 1.34. The summed E-state index contributed by atoms with van der Waals surface area (Å²) in [5, 5.41) is 109. The first kappa shape index (κ1) is 52.3. The lowest BCUT2D eigenvalue weighted by Crippen LogP contribution is -2.64. The number of amides is 7. The normalized spacial score (nSPS) is 32.1. The maximum absolute atomic E-state index is 14.4. The number of benzene rings is 1. The summed E-state index contributed by atoms with van der Waals surface area (Å²) < 4.78 is 36.2. The average Bonchev–Trinajstić information content (AvgIpc) is 3.76. The Hall–Kier alpha value is -5.34. The molecule has 0 aliphatic carbocycles.